The first-order valence-corrected chi connectivity index (χ1v) is 6.52. The third kappa shape index (κ3) is 3.16. The molecule has 0 heterocycles. The SMILES string of the molecule is NC1CCCC(Nc2c(F)cc(F)cc2Br)C1. The van der Waals surface area contributed by atoms with E-state index in [9.17, 15) is 8.78 Å². The Morgan fingerprint density at radius 2 is 2.06 bits per heavy atom. The summed E-state index contributed by atoms with van der Waals surface area (Å²) in [6.45, 7) is 0. The lowest BCUT2D eigenvalue weighted by Gasteiger charge is -2.28. The van der Waals surface area contributed by atoms with Gasteiger partial charge < -0.3 is 11.1 Å². The fourth-order valence-electron chi connectivity index (χ4n) is 2.24. The van der Waals surface area contributed by atoms with Crippen LogP contribution in [0.5, 0.6) is 0 Å². The van der Waals surface area contributed by atoms with Gasteiger partial charge in [0.05, 0.1) is 5.69 Å². The number of nitrogens with one attached hydrogen (secondary N) is 1. The van der Waals surface area contributed by atoms with Gasteiger partial charge in [0.1, 0.15) is 11.6 Å². The van der Waals surface area contributed by atoms with Crippen molar-refractivity contribution >= 4 is 21.6 Å². The average molecular weight is 305 g/mol. The van der Waals surface area contributed by atoms with Gasteiger partial charge in [-0.1, -0.05) is 0 Å². The summed E-state index contributed by atoms with van der Waals surface area (Å²) in [5.74, 6) is -1.16. The number of hydrogen-bond donors (Lipinski definition) is 2. The van der Waals surface area contributed by atoms with E-state index in [-0.39, 0.29) is 12.1 Å². The molecule has 2 unspecified atom stereocenters. The molecule has 2 atom stereocenters. The Balaban J connectivity index is 2.12. The van der Waals surface area contributed by atoms with Gasteiger partial charge in [-0.25, -0.2) is 8.78 Å². The minimum Gasteiger partial charge on any atom is -0.379 e. The summed E-state index contributed by atoms with van der Waals surface area (Å²) in [4.78, 5) is 0. The van der Waals surface area contributed by atoms with E-state index < -0.39 is 11.6 Å². The number of rotatable bonds is 2. The van der Waals surface area contributed by atoms with E-state index in [1.54, 1.807) is 0 Å². The first kappa shape index (κ1) is 12.8. The lowest BCUT2D eigenvalue weighted by Crippen LogP contribution is -2.35. The smallest absolute Gasteiger partial charge is 0.150 e. The van der Waals surface area contributed by atoms with Crippen LogP contribution in [0.15, 0.2) is 16.6 Å². The molecule has 5 heteroatoms. The van der Waals surface area contributed by atoms with Gasteiger partial charge in [0, 0.05) is 22.6 Å². The normalized spacial score (nSPS) is 24.7. The molecule has 17 heavy (non-hydrogen) atoms. The third-order valence-corrected chi connectivity index (χ3v) is 3.70. The van der Waals surface area contributed by atoms with Gasteiger partial charge in [0.15, 0.2) is 0 Å². The van der Waals surface area contributed by atoms with Crippen molar-refractivity contribution in [3.05, 3.63) is 28.2 Å². The number of benzene rings is 1. The van der Waals surface area contributed by atoms with E-state index in [4.69, 9.17) is 5.73 Å². The molecule has 0 amide bonds. The summed E-state index contributed by atoms with van der Waals surface area (Å²) in [5, 5.41) is 3.11. The molecule has 1 aromatic carbocycles. The molecule has 0 aliphatic heterocycles. The largest absolute Gasteiger partial charge is 0.379 e. The van der Waals surface area contributed by atoms with E-state index in [1.807, 2.05) is 0 Å². The van der Waals surface area contributed by atoms with Gasteiger partial charge >= 0.3 is 0 Å². The highest BCUT2D eigenvalue weighted by Gasteiger charge is 2.21. The molecular formula is C12H15BrF2N2. The minimum absolute atomic E-state index is 0.162. The predicted molar refractivity (Wildman–Crippen MR) is 67.9 cm³/mol. The average Bonchev–Trinajstić information content (AvgIpc) is 2.23. The molecule has 3 N–H and O–H groups in total. The molecule has 0 radical (unpaired) electrons. The maximum atomic E-state index is 13.6. The van der Waals surface area contributed by atoms with Crippen LogP contribution in [-0.4, -0.2) is 12.1 Å². The highest BCUT2D eigenvalue weighted by molar-refractivity contribution is 9.10. The molecule has 1 saturated carbocycles. The number of anilines is 1. The van der Waals surface area contributed by atoms with E-state index in [2.05, 4.69) is 21.2 Å². The first-order chi connectivity index (χ1) is 8.06. The zero-order chi connectivity index (χ0) is 12.4. The Morgan fingerprint density at radius 3 is 2.71 bits per heavy atom. The topological polar surface area (TPSA) is 38.0 Å². The summed E-state index contributed by atoms with van der Waals surface area (Å²) in [7, 11) is 0. The highest BCUT2D eigenvalue weighted by Crippen LogP contribution is 2.30. The van der Waals surface area contributed by atoms with E-state index >= 15 is 0 Å². The Hall–Kier alpha value is -0.680. The monoisotopic (exact) mass is 304 g/mol. The maximum absolute atomic E-state index is 13.6. The number of halogens is 3. The van der Waals surface area contributed by atoms with Gasteiger partial charge in [-0.05, 0) is 47.7 Å². The van der Waals surface area contributed by atoms with Crippen LogP contribution in [0, 0.1) is 11.6 Å². The molecule has 0 aromatic heterocycles. The standard InChI is InChI=1S/C12H15BrF2N2/c13-10-4-7(14)5-11(15)12(10)17-9-3-1-2-8(16)6-9/h4-5,8-9,17H,1-3,6,16H2. The lowest BCUT2D eigenvalue weighted by molar-refractivity contribution is 0.408. The number of hydrogen-bond acceptors (Lipinski definition) is 2. The van der Waals surface area contributed by atoms with Crippen LogP contribution >= 0.6 is 15.9 Å². The van der Waals surface area contributed by atoms with Gasteiger partial charge in [-0.3, -0.25) is 0 Å². The lowest BCUT2D eigenvalue weighted by atomic mass is 9.91. The Bertz CT molecular complexity index is 388. The van der Waals surface area contributed by atoms with Crippen molar-refractivity contribution in [3.63, 3.8) is 0 Å². The second kappa shape index (κ2) is 5.31. The summed E-state index contributed by atoms with van der Waals surface area (Å²) in [6, 6.07) is 2.47. The van der Waals surface area contributed by atoms with Crippen molar-refractivity contribution in [1.29, 1.82) is 0 Å². The second-order valence-electron chi connectivity index (χ2n) is 4.51. The van der Waals surface area contributed by atoms with Gasteiger partial charge in [-0.15, -0.1) is 0 Å². The van der Waals surface area contributed by atoms with Crippen molar-refractivity contribution in [2.75, 3.05) is 5.32 Å². The zero-order valence-corrected chi connectivity index (χ0v) is 10.9. The van der Waals surface area contributed by atoms with Crippen LogP contribution in [0.3, 0.4) is 0 Å². The Morgan fingerprint density at radius 1 is 1.29 bits per heavy atom. The number of nitrogens with two attached hydrogens (primary N) is 1. The van der Waals surface area contributed by atoms with Crippen molar-refractivity contribution in [2.45, 2.75) is 37.8 Å². The van der Waals surface area contributed by atoms with Gasteiger partial charge in [0.2, 0.25) is 0 Å². The molecule has 2 nitrogen and oxygen atoms in total. The second-order valence-corrected chi connectivity index (χ2v) is 5.37. The van der Waals surface area contributed by atoms with Crippen molar-refractivity contribution < 1.29 is 8.78 Å². The minimum atomic E-state index is -0.583. The van der Waals surface area contributed by atoms with Crippen LogP contribution in [0.4, 0.5) is 14.5 Å². The quantitative estimate of drug-likeness (QED) is 0.879. The van der Waals surface area contributed by atoms with E-state index in [1.165, 1.54) is 6.07 Å². The van der Waals surface area contributed by atoms with Crippen molar-refractivity contribution in [3.8, 4) is 0 Å². The van der Waals surface area contributed by atoms with E-state index in [0.29, 0.717) is 10.2 Å². The van der Waals surface area contributed by atoms with Crippen LogP contribution in [-0.2, 0) is 0 Å². The summed E-state index contributed by atoms with van der Waals surface area (Å²) in [6.07, 6.45) is 3.85. The highest BCUT2D eigenvalue weighted by atomic mass is 79.9. The molecule has 1 aliphatic carbocycles. The Labute approximate surface area is 108 Å². The first-order valence-electron chi connectivity index (χ1n) is 5.73. The molecule has 94 valence electrons. The zero-order valence-electron chi connectivity index (χ0n) is 9.35. The van der Waals surface area contributed by atoms with Crippen LogP contribution in [0.1, 0.15) is 25.7 Å². The van der Waals surface area contributed by atoms with E-state index in [0.717, 1.165) is 31.7 Å². The molecule has 1 aliphatic rings. The van der Waals surface area contributed by atoms with Crippen molar-refractivity contribution in [1.82, 2.24) is 0 Å². The Kier molecular flexibility index (Phi) is 3.99. The van der Waals surface area contributed by atoms with Gasteiger partial charge in [-0.2, -0.15) is 0 Å². The molecule has 0 saturated heterocycles. The fourth-order valence-corrected chi connectivity index (χ4v) is 2.77. The van der Waals surface area contributed by atoms with Crippen LogP contribution in [0.25, 0.3) is 0 Å². The molecule has 2 rings (SSSR count). The predicted octanol–water partition coefficient (Wildman–Crippen LogP) is 3.41. The van der Waals surface area contributed by atoms with Crippen molar-refractivity contribution in [2.24, 2.45) is 5.73 Å². The van der Waals surface area contributed by atoms with Crippen LogP contribution in [0.2, 0.25) is 0 Å². The maximum Gasteiger partial charge on any atom is 0.150 e. The molecule has 1 fully saturated rings. The van der Waals surface area contributed by atoms with Crippen LogP contribution < -0.4 is 11.1 Å². The summed E-state index contributed by atoms with van der Waals surface area (Å²) >= 11 is 3.17. The summed E-state index contributed by atoms with van der Waals surface area (Å²) < 4.78 is 26.9. The molecule has 1 aromatic rings. The molecular weight excluding hydrogens is 290 g/mol. The fraction of sp³-hybridized carbons (Fsp3) is 0.500. The van der Waals surface area contributed by atoms with Gasteiger partial charge in [0.25, 0.3) is 0 Å². The molecule has 0 spiro atoms. The summed E-state index contributed by atoms with van der Waals surface area (Å²) in [5.41, 5.74) is 6.20. The third-order valence-electron chi connectivity index (χ3n) is 3.07. The molecule has 0 bridgehead atoms.